The molecule has 1 aromatic heterocycles. The average Bonchev–Trinajstić information content (AvgIpc) is 3.34. The number of benzene rings is 2. The summed E-state index contributed by atoms with van der Waals surface area (Å²) in [5.74, 6) is -0.129. The molecule has 5 nitrogen and oxygen atoms in total. The topological polar surface area (TPSA) is 58.4 Å². The van der Waals surface area contributed by atoms with Crippen LogP contribution < -0.4 is 4.90 Å². The number of aliphatic hydroxyl groups is 1. The number of rotatable bonds is 9. The molecule has 0 spiro atoms. The molecule has 34 heavy (non-hydrogen) atoms. The summed E-state index contributed by atoms with van der Waals surface area (Å²) in [4.78, 5) is 20.3. The molecule has 0 amide bonds. The number of aryl methyl sites for hydroxylation is 2. The van der Waals surface area contributed by atoms with Crippen LogP contribution in [0.25, 0.3) is 6.08 Å². The third kappa shape index (κ3) is 5.51. The Balaban J connectivity index is 1.56. The van der Waals surface area contributed by atoms with Gasteiger partial charge < -0.3 is 14.6 Å². The van der Waals surface area contributed by atoms with Crippen molar-refractivity contribution in [3.63, 3.8) is 0 Å². The third-order valence-corrected chi connectivity index (χ3v) is 7.22. The number of hydrogen-bond acceptors (Lipinski definition) is 5. The van der Waals surface area contributed by atoms with E-state index in [2.05, 4.69) is 17.1 Å². The van der Waals surface area contributed by atoms with E-state index in [1.807, 2.05) is 85.3 Å². The predicted molar refractivity (Wildman–Crippen MR) is 140 cm³/mol. The van der Waals surface area contributed by atoms with Gasteiger partial charge in [-0.15, -0.1) is 0 Å². The van der Waals surface area contributed by atoms with E-state index in [4.69, 9.17) is 0 Å². The zero-order valence-corrected chi connectivity index (χ0v) is 20.8. The number of allylic oxidation sites excluding steroid dienone is 1. The van der Waals surface area contributed by atoms with Gasteiger partial charge in [-0.25, -0.2) is 4.98 Å². The fourth-order valence-electron chi connectivity index (χ4n) is 4.11. The molecular weight excluding hydrogens is 442 g/mol. The highest BCUT2D eigenvalue weighted by atomic mass is 32.2. The van der Waals surface area contributed by atoms with Gasteiger partial charge >= 0.3 is 0 Å². The second-order valence-corrected chi connectivity index (χ2v) is 9.93. The third-order valence-electron chi connectivity index (χ3n) is 6.12. The highest BCUT2D eigenvalue weighted by Gasteiger charge is 2.42. The summed E-state index contributed by atoms with van der Waals surface area (Å²) in [6.45, 7) is 0. The van der Waals surface area contributed by atoms with Crippen molar-refractivity contribution in [2.75, 3.05) is 19.0 Å². The highest BCUT2D eigenvalue weighted by Crippen LogP contribution is 2.42. The molecule has 0 radical (unpaired) electrons. The van der Waals surface area contributed by atoms with Crippen molar-refractivity contribution in [2.45, 2.75) is 36.4 Å². The number of thioether (sulfide) groups is 1. The van der Waals surface area contributed by atoms with Crippen LogP contribution >= 0.6 is 11.8 Å². The number of imidazole rings is 1. The Morgan fingerprint density at radius 3 is 2.47 bits per heavy atom. The lowest BCUT2D eigenvalue weighted by Crippen LogP contribution is -2.27. The molecule has 1 N–H and O–H groups in total. The Morgan fingerprint density at radius 2 is 1.82 bits per heavy atom. The van der Waals surface area contributed by atoms with Crippen molar-refractivity contribution in [1.29, 1.82) is 0 Å². The van der Waals surface area contributed by atoms with Crippen LogP contribution in [0.5, 0.6) is 0 Å². The molecule has 0 saturated heterocycles. The number of carbonyl (C=O) groups excluding carboxylic acids is 1. The van der Waals surface area contributed by atoms with Crippen LogP contribution in [0.4, 0.5) is 5.69 Å². The van der Waals surface area contributed by atoms with E-state index in [0.29, 0.717) is 16.9 Å². The minimum absolute atomic E-state index is 0.129. The number of unbranched alkanes of at least 4 members (excludes halogenated alkanes) is 1. The van der Waals surface area contributed by atoms with Gasteiger partial charge in [0.05, 0.1) is 4.91 Å². The zero-order chi connectivity index (χ0) is 24.1. The Labute approximate surface area is 205 Å². The van der Waals surface area contributed by atoms with Crippen LogP contribution in [0.15, 0.2) is 88.7 Å². The fraction of sp³-hybridized carbons (Fsp3) is 0.286. The van der Waals surface area contributed by atoms with E-state index < -0.39 is 5.60 Å². The Hall–Kier alpha value is -3.09. The zero-order valence-electron chi connectivity index (χ0n) is 19.9. The molecule has 4 rings (SSSR count). The lowest BCUT2D eigenvalue weighted by Gasteiger charge is -2.22. The smallest absolute Gasteiger partial charge is 0.198 e. The van der Waals surface area contributed by atoms with Gasteiger partial charge in [0.25, 0.3) is 0 Å². The van der Waals surface area contributed by atoms with E-state index in [9.17, 15) is 9.90 Å². The summed E-state index contributed by atoms with van der Waals surface area (Å²) >= 11 is 1.31. The number of Topliss-reactive ketones (excluding diaryl/α,β-unsaturated/α-hetero) is 1. The molecule has 176 valence electrons. The van der Waals surface area contributed by atoms with Crippen molar-refractivity contribution in [2.24, 2.45) is 7.05 Å². The molecule has 1 aliphatic carbocycles. The van der Waals surface area contributed by atoms with Gasteiger partial charge in [-0.3, -0.25) is 4.79 Å². The first-order valence-electron chi connectivity index (χ1n) is 11.5. The van der Waals surface area contributed by atoms with Gasteiger partial charge in [0.1, 0.15) is 5.60 Å². The molecule has 1 aliphatic rings. The fourth-order valence-corrected chi connectivity index (χ4v) is 5.09. The van der Waals surface area contributed by atoms with Crippen LogP contribution in [-0.4, -0.2) is 40.1 Å². The molecule has 0 bridgehead atoms. The van der Waals surface area contributed by atoms with Crippen LogP contribution in [0.2, 0.25) is 0 Å². The molecule has 1 atom stereocenters. The molecular formula is C28H31N3O2S. The average molecular weight is 474 g/mol. The first kappa shape index (κ1) is 24.0. The van der Waals surface area contributed by atoms with Crippen LogP contribution in [0.3, 0.4) is 0 Å². The molecule has 0 aliphatic heterocycles. The van der Waals surface area contributed by atoms with E-state index in [0.717, 1.165) is 35.7 Å². The van der Waals surface area contributed by atoms with E-state index in [1.54, 1.807) is 12.3 Å². The molecule has 1 unspecified atom stereocenters. The first-order chi connectivity index (χ1) is 16.4. The summed E-state index contributed by atoms with van der Waals surface area (Å²) < 4.78 is 1.87. The molecule has 3 aromatic rings. The maximum Gasteiger partial charge on any atom is 0.198 e. The second-order valence-electron chi connectivity index (χ2n) is 8.92. The number of nitrogens with zero attached hydrogens (tertiary/aromatic N) is 3. The van der Waals surface area contributed by atoms with Crippen molar-refractivity contribution in [1.82, 2.24) is 9.55 Å². The van der Waals surface area contributed by atoms with E-state index in [1.165, 1.54) is 17.3 Å². The summed E-state index contributed by atoms with van der Waals surface area (Å²) in [5.41, 5.74) is 2.41. The van der Waals surface area contributed by atoms with Gasteiger partial charge in [0.2, 0.25) is 0 Å². The lowest BCUT2D eigenvalue weighted by molar-refractivity contribution is -0.112. The molecule has 2 aromatic carbocycles. The van der Waals surface area contributed by atoms with Crippen LogP contribution in [0.1, 0.15) is 30.4 Å². The first-order valence-corrected chi connectivity index (χ1v) is 12.4. The van der Waals surface area contributed by atoms with Crippen molar-refractivity contribution in [3.05, 3.63) is 94.7 Å². The minimum atomic E-state index is -1.29. The van der Waals surface area contributed by atoms with Crippen LogP contribution in [0, 0.1) is 0 Å². The highest BCUT2D eigenvalue weighted by molar-refractivity contribution is 8.03. The molecule has 1 heterocycles. The number of hydrogen-bond donors (Lipinski definition) is 1. The summed E-state index contributed by atoms with van der Waals surface area (Å²) in [6.07, 6.45) is 10.3. The Kier molecular flexibility index (Phi) is 7.39. The maximum absolute atomic E-state index is 13.4. The van der Waals surface area contributed by atoms with Crippen molar-refractivity contribution < 1.29 is 9.90 Å². The van der Waals surface area contributed by atoms with Gasteiger partial charge in [0, 0.05) is 44.8 Å². The standard InChI is InChI=1S/C28H31N3O2S/c1-30(2)23-14-12-22(13-15-23)19-24-26(32)25(34-27-29-17-18-31(27)3)20-28(24,33)16-8-7-11-21-9-5-4-6-10-21/h4-6,9-10,12-15,17-20,33H,7-8,11,16H2,1-3H3. The van der Waals surface area contributed by atoms with E-state index in [-0.39, 0.29) is 5.78 Å². The second kappa shape index (κ2) is 10.5. The number of carbonyl (C=O) groups is 1. The molecule has 0 fully saturated rings. The van der Waals surface area contributed by atoms with Gasteiger partial charge in [-0.05, 0) is 72.9 Å². The van der Waals surface area contributed by atoms with Crippen molar-refractivity contribution >= 4 is 29.3 Å². The van der Waals surface area contributed by atoms with Gasteiger partial charge in [-0.1, -0.05) is 42.5 Å². The summed E-state index contributed by atoms with van der Waals surface area (Å²) in [6, 6.07) is 18.4. The minimum Gasteiger partial charge on any atom is -0.381 e. The normalized spacial score (nSPS) is 19.0. The molecule has 6 heteroatoms. The number of ketones is 1. The Morgan fingerprint density at radius 1 is 1.09 bits per heavy atom. The number of anilines is 1. The Bertz CT molecular complexity index is 1200. The SMILES string of the molecule is CN(C)c1ccc(C=C2C(=O)C(Sc3nccn3C)=CC2(O)CCCCc2ccccc2)cc1. The maximum atomic E-state index is 13.4. The predicted octanol–water partition coefficient (Wildman–Crippen LogP) is 5.27. The largest absolute Gasteiger partial charge is 0.381 e. The summed E-state index contributed by atoms with van der Waals surface area (Å²) in [7, 11) is 5.88. The quantitative estimate of drug-likeness (QED) is 0.339. The van der Waals surface area contributed by atoms with Crippen LogP contribution in [-0.2, 0) is 18.3 Å². The summed E-state index contributed by atoms with van der Waals surface area (Å²) in [5, 5.41) is 12.4. The molecule has 0 saturated carbocycles. The lowest BCUT2D eigenvalue weighted by atomic mass is 9.89. The van der Waals surface area contributed by atoms with Crippen molar-refractivity contribution in [3.8, 4) is 0 Å². The number of aromatic nitrogens is 2. The van der Waals surface area contributed by atoms with Gasteiger partial charge in [0.15, 0.2) is 10.9 Å². The van der Waals surface area contributed by atoms with E-state index >= 15 is 0 Å². The monoisotopic (exact) mass is 473 g/mol. The van der Waals surface area contributed by atoms with Gasteiger partial charge in [-0.2, -0.15) is 0 Å².